The smallest absolute Gasteiger partial charge is 0.0827 e. The molecule has 0 saturated carbocycles. The molecule has 17 heavy (non-hydrogen) atoms. The van der Waals surface area contributed by atoms with E-state index < -0.39 is 0 Å². The van der Waals surface area contributed by atoms with E-state index in [1.54, 1.807) is 11.3 Å². The fourth-order valence-electron chi connectivity index (χ4n) is 1.69. The second-order valence-corrected chi connectivity index (χ2v) is 5.08. The zero-order valence-corrected chi connectivity index (χ0v) is 10.7. The maximum absolute atomic E-state index is 5.46. The van der Waals surface area contributed by atoms with Gasteiger partial charge in [-0.3, -0.25) is 4.68 Å². The van der Waals surface area contributed by atoms with Crippen molar-refractivity contribution in [1.29, 1.82) is 0 Å². The number of thiophene rings is 1. The Hall–Kier alpha value is -1.20. The summed E-state index contributed by atoms with van der Waals surface area (Å²) in [6, 6.07) is 4.24. The first-order valence-electron chi connectivity index (χ1n) is 6.00. The van der Waals surface area contributed by atoms with Gasteiger partial charge in [0, 0.05) is 24.0 Å². The van der Waals surface area contributed by atoms with E-state index in [0.717, 1.165) is 44.5 Å². The topological polar surface area (TPSA) is 56.7 Å². The summed E-state index contributed by atoms with van der Waals surface area (Å²) in [6.07, 6.45) is 6.21. The Balaban J connectivity index is 1.77. The zero-order chi connectivity index (χ0) is 11.9. The van der Waals surface area contributed by atoms with Crippen LogP contribution in [-0.4, -0.2) is 21.5 Å². The van der Waals surface area contributed by atoms with Gasteiger partial charge in [-0.2, -0.15) is 0 Å². The molecule has 2 aromatic rings. The van der Waals surface area contributed by atoms with Gasteiger partial charge in [0.15, 0.2) is 0 Å². The van der Waals surface area contributed by atoms with E-state index >= 15 is 0 Å². The third-order valence-electron chi connectivity index (χ3n) is 2.64. The Kier molecular flexibility index (Phi) is 4.70. The number of hydrogen-bond donors (Lipinski definition) is 1. The van der Waals surface area contributed by atoms with Gasteiger partial charge in [-0.15, -0.1) is 16.4 Å². The maximum atomic E-state index is 5.46. The zero-order valence-electron chi connectivity index (χ0n) is 9.88. The minimum absolute atomic E-state index is 0.756. The van der Waals surface area contributed by atoms with Crippen LogP contribution in [0.1, 0.15) is 23.4 Å². The molecule has 0 saturated heterocycles. The van der Waals surface area contributed by atoms with E-state index in [9.17, 15) is 0 Å². The minimum atomic E-state index is 0.756. The minimum Gasteiger partial charge on any atom is -0.330 e. The van der Waals surface area contributed by atoms with Crippen molar-refractivity contribution >= 4 is 11.3 Å². The number of hydrogen-bond acceptors (Lipinski definition) is 4. The Labute approximate surface area is 105 Å². The normalized spacial score (nSPS) is 10.9. The van der Waals surface area contributed by atoms with Crippen molar-refractivity contribution < 1.29 is 0 Å². The van der Waals surface area contributed by atoms with Crippen LogP contribution in [-0.2, 0) is 19.4 Å². The number of aryl methyl sites for hydroxylation is 3. The van der Waals surface area contributed by atoms with Crippen molar-refractivity contribution in [2.24, 2.45) is 5.73 Å². The number of nitrogens with zero attached hydrogens (tertiary/aromatic N) is 3. The summed E-state index contributed by atoms with van der Waals surface area (Å²) in [4.78, 5) is 1.39. The fourth-order valence-corrected chi connectivity index (χ4v) is 2.39. The molecule has 0 aromatic carbocycles. The summed E-state index contributed by atoms with van der Waals surface area (Å²) in [5, 5.41) is 10.4. The van der Waals surface area contributed by atoms with E-state index in [1.807, 2.05) is 10.9 Å². The van der Waals surface area contributed by atoms with Gasteiger partial charge in [0.2, 0.25) is 0 Å². The second-order valence-electron chi connectivity index (χ2n) is 4.05. The van der Waals surface area contributed by atoms with Gasteiger partial charge in [-0.1, -0.05) is 11.3 Å². The van der Waals surface area contributed by atoms with Crippen LogP contribution in [0.15, 0.2) is 23.7 Å². The highest BCUT2D eigenvalue weighted by Gasteiger charge is 2.01. The van der Waals surface area contributed by atoms with Crippen molar-refractivity contribution in [1.82, 2.24) is 15.0 Å². The third kappa shape index (κ3) is 3.94. The van der Waals surface area contributed by atoms with E-state index in [0.29, 0.717) is 0 Å². The first-order chi connectivity index (χ1) is 8.38. The Morgan fingerprint density at radius 3 is 3.00 bits per heavy atom. The first kappa shape index (κ1) is 12.3. The van der Waals surface area contributed by atoms with Crippen LogP contribution < -0.4 is 5.73 Å². The van der Waals surface area contributed by atoms with E-state index in [1.165, 1.54) is 4.88 Å². The number of rotatable bonds is 7. The van der Waals surface area contributed by atoms with E-state index in [2.05, 4.69) is 27.8 Å². The quantitative estimate of drug-likeness (QED) is 0.763. The highest BCUT2D eigenvalue weighted by Crippen LogP contribution is 2.10. The predicted molar refractivity (Wildman–Crippen MR) is 70.0 cm³/mol. The van der Waals surface area contributed by atoms with Gasteiger partial charge in [0.25, 0.3) is 0 Å². The molecule has 0 unspecified atom stereocenters. The van der Waals surface area contributed by atoms with Crippen LogP contribution in [0.2, 0.25) is 0 Å². The number of aromatic nitrogens is 3. The molecule has 2 rings (SSSR count). The fraction of sp³-hybridized carbons (Fsp3) is 0.500. The van der Waals surface area contributed by atoms with Gasteiger partial charge < -0.3 is 5.73 Å². The summed E-state index contributed by atoms with van der Waals surface area (Å²) in [6.45, 7) is 1.66. The molecule has 2 heterocycles. The summed E-state index contributed by atoms with van der Waals surface area (Å²) >= 11 is 1.79. The average molecular weight is 250 g/mol. The molecular weight excluding hydrogens is 232 g/mol. The van der Waals surface area contributed by atoms with Crippen LogP contribution in [0.3, 0.4) is 0 Å². The summed E-state index contributed by atoms with van der Waals surface area (Å²) in [5.74, 6) is 0. The van der Waals surface area contributed by atoms with Crippen LogP contribution in [0.25, 0.3) is 0 Å². The monoisotopic (exact) mass is 250 g/mol. The van der Waals surface area contributed by atoms with Crippen LogP contribution in [0.4, 0.5) is 0 Å². The van der Waals surface area contributed by atoms with Crippen LogP contribution >= 0.6 is 11.3 Å². The lowest BCUT2D eigenvalue weighted by atomic mass is 10.2. The SMILES string of the molecule is NCCCCc1cn(CCc2cccs2)nn1. The largest absolute Gasteiger partial charge is 0.330 e. The summed E-state index contributed by atoms with van der Waals surface area (Å²) in [5.41, 5.74) is 6.53. The molecule has 92 valence electrons. The molecule has 0 fully saturated rings. The van der Waals surface area contributed by atoms with Gasteiger partial charge >= 0.3 is 0 Å². The molecule has 0 amide bonds. The average Bonchev–Trinajstić information content (AvgIpc) is 2.98. The van der Waals surface area contributed by atoms with Gasteiger partial charge in [-0.25, -0.2) is 0 Å². The summed E-state index contributed by atoms with van der Waals surface area (Å²) in [7, 11) is 0. The van der Waals surface area contributed by atoms with Crippen LogP contribution in [0.5, 0.6) is 0 Å². The highest BCUT2D eigenvalue weighted by molar-refractivity contribution is 7.09. The second kappa shape index (κ2) is 6.51. The van der Waals surface area contributed by atoms with Gasteiger partial charge in [0.05, 0.1) is 5.69 Å². The van der Waals surface area contributed by atoms with Crippen molar-refractivity contribution in [3.8, 4) is 0 Å². The maximum Gasteiger partial charge on any atom is 0.0827 e. The number of unbranched alkanes of at least 4 members (excludes halogenated alkanes) is 1. The lowest BCUT2D eigenvalue weighted by Crippen LogP contribution is -2.01. The van der Waals surface area contributed by atoms with E-state index in [4.69, 9.17) is 5.73 Å². The van der Waals surface area contributed by atoms with Crippen molar-refractivity contribution in [3.63, 3.8) is 0 Å². The van der Waals surface area contributed by atoms with Gasteiger partial charge in [-0.05, 0) is 37.3 Å². The first-order valence-corrected chi connectivity index (χ1v) is 6.88. The number of nitrogens with two attached hydrogens (primary N) is 1. The molecule has 0 aliphatic heterocycles. The van der Waals surface area contributed by atoms with Crippen molar-refractivity contribution in [3.05, 3.63) is 34.3 Å². The van der Waals surface area contributed by atoms with Gasteiger partial charge in [0.1, 0.15) is 0 Å². The van der Waals surface area contributed by atoms with Crippen molar-refractivity contribution in [2.75, 3.05) is 6.54 Å². The Morgan fingerprint density at radius 1 is 1.29 bits per heavy atom. The lowest BCUT2D eigenvalue weighted by Gasteiger charge is -1.97. The standard InChI is InChI=1S/C12H18N4S/c13-7-2-1-4-11-10-16(15-14-11)8-6-12-5-3-9-17-12/h3,5,9-10H,1-2,4,6-8,13H2. The molecule has 4 nitrogen and oxygen atoms in total. The van der Waals surface area contributed by atoms with E-state index in [-0.39, 0.29) is 0 Å². The summed E-state index contributed by atoms with van der Waals surface area (Å²) < 4.78 is 1.93. The third-order valence-corrected chi connectivity index (χ3v) is 3.58. The lowest BCUT2D eigenvalue weighted by molar-refractivity contribution is 0.592. The Bertz CT molecular complexity index is 421. The molecule has 0 aliphatic carbocycles. The molecule has 0 bridgehead atoms. The molecular formula is C12H18N4S. The predicted octanol–water partition coefficient (Wildman–Crippen LogP) is 1.86. The molecule has 5 heteroatoms. The molecule has 2 aromatic heterocycles. The van der Waals surface area contributed by atoms with Crippen LogP contribution in [0, 0.1) is 0 Å². The molecule has 2 N–H and O–H groups in total. The molecule has 0 atom stereocenters. The Morgan fingerprint density at radius 2 is 2.24 bits per heavy atom. The van der Waals surface area contributed by atoms with Crippen molar-refractivity contribution in [2.45, 2.75) is 32.2 Å². The molecule has 0 radical (unpaired) electrons. The highest BCUT2D eigenvalue weighted by atomic mass is 32.1. The molecule has 0 aliphatic rings. The molecule has 0 spiro atoms.